The molecule has 0 amide bonds. The summed E-state index contributed by atoms with van der Waals surface area (Å²) in [4.78, 5) is 4.41. The molecule has 0 spiro atoms. The minimum absolute atomic E-state index is 0.467. The summed E-state index contributed by atoms with van der Waals surface area (Å²) in [5.74, 6) is 0.467. The second kappa shape index (κ2) is 5.42. The minimum Gasteiger partial charge on any atom is -0.262 e. The van der Waals surface area contributed by atoms with Crippen LogP contribution >= 0.6 is 12.6 Å². The highest BCUT2D eigenvalue weighted by molar-refractivity contribution is 7.83. The van der Waals surface area contributed by atoms with Crippen LogP contribution in [0.2, 0.25) is 0 Å². The molecular formula is C9H17NS. The zero-order valence-corrected chi connectivity index (χ0v) is 8.65. The summed E-state index contributed by atoms with van der Waals surface area (Å²) >= 11 is 4.10. The molecule has 0 fully saturated rings. The topological polar surface area (TPSA) is 12.4 Å². The standard InChI is InChI=1S/C9H17NS/c1-5-8(4)10-9(6-11)7(2)3/h6-7,11H,5H2,1-4H3/b9-6-,10-8?. The van der Waals surface area contributed by atoms with Crippen molar-refractivity contribution in [2.75, 3.05) is 0 Å². The average molecular weight is 171 g/mol. The van der Waals surface area contributed by atoms with Gasteiger partial charge in [-0.2, -0.15) is 0 Å². The Hall–Kier alpha value is -0.240. The molecule has 0 aliphatic rings. The van der Waals surface area contributed by atoms with Crippen molar-refractivity contribution in [2.24, 2.45) is 10.9 Å². The number of thiol groups is 1. The molecule has 0 aromatic carbocycles. The first-order valence-corrected chi connectivity index (χ1v) is 4.51. The molecule has 0 aliphatic heterocycles. The molecular weight excluding hydrogens is 154 g/mol. The van der Waals surface area contributed by atoms with E-state index in [-0.39, 0.29) is 0 Å². The highest BCUT2D eigenvalue weighted by Crippen LogP contribution is 2.12. The van der Waals surface area contributed by atoms with Crippen molar-refractivity contribution in [1.82, 2.24) is 0 Å². The summed E-state index contributed by atoms with van der Waals surface area (Å²) in [5, 5.41) is 1.78. The van der Waals surface area contributed by atoms with Gasteiger partial charge in [-0.05, 0) is 24.7 Å². The summed E-state index contributed by atoms with van der Waals surface area (Å²) in [7, 11) is 0. The lowest BCUT2D eigenvalue weighted by Gasteiger charge is -2.05. The lowest BCUT2D eigenvalue weighted by Crippen LogP contribution is -1.95. The summed E-state index contributed by atoms with van der Waals surface area (Å²) in [6, 6.07) is 0. The van der Waals surface area contributed by atoms with E-state index < -0.39 is 0 Å². The Morgan fingerprint density at radius 2 is 2.09 bits per heavy atom. The lowest BCUT2D eigenvalue weighted by molar-refractivity contribution is 0.759. The number of rotatable bonds is 3. The minimum atomic E-state index is 0.467. The molecule has 0 saturated carbocycles. The SMILES string of the molecule is CCC(C)=N/C(=C\S)C(C)C. The smallest absolute Gasteiger partial charge is 0.0488 e. The predicted molar refractivity (Wildman–Crippen MR) is 55.3 cm³/mol. The zero-order chi connectivity index (χ0) is 8.85. The van der Waals surface area contributed by atoms with E-state index in [1.54, 1.807) is 5.41 Å². The Balaban J connectivity index is 4.32. The fraction of sp³-hybridized carbons (Fsp3) is 0.667. The van der Waals surface area contributed by atoms with Gasteiger partial charge in [-0.25, -0.2) is 0 Å². The quantitative estimate of drug-likeness (QED) is 0.494. The maximum absolute atomic E-state index is 4.41. The van der Waals surface area contributed by atoms with Crippen LogP contribution in [0.4, 0.5) is 0 Å². The van der Waals surface area contributed by atoms with E-state index in [1.807, 2.05) is 6.92 Å². The van der Waals surface area contributed by atoms with Gasteiger partial charge in [-0.1, -0.05) is 20.8 Å². The Labute approximate surface area is 75.0 Å². The van der Waals surface area contributed by atoms with Crippen LogP contribution in [-0.4, -0.2) is 5.71 Å². The molecule has 0 N–H and O–H groups in total. The zero-order valence-electron chi connectivity index (χ0n) is 7.76. The van der Waals surface area contributed by atoms with Crippen LogP contribution in [0.15, 0.2) is 16.1 Å². The highest BCUT2D eigenvalue weighted by Gasteiger charge is 1.99. The first kappa shape index (κ1) is 10.8. The molecule has 0 rings (SSSR count). The maximum atomic E-state index is 4.41. The van der Waals surface area contributed by atoms with Crippen molar-refractivity contribution in [3.8, 4) is 0 Å². The van der Waals surface area contributed by atoms with Crippen molar-refractivity contribution in [3.63, 3.8) is 0 Å². The van der Waals surface area contributed by atoms with Gasteiger partial charge in [-0.15, -0.1) is 12.6 Å². The molecule has 0 aromatic rings. The van der Waals surface area contributed by atoms with Gasteiger partial charge in [0.05, 0.1) is 0 Å². The number of allylic oxidation sites excluding steroid dienone is 1. The third-order valence-electron chi connectivity index (χ3n) is 1.56. The van der Waals surface area contributed by atoms with Crippen LogP contribution in [0.25, 0.3) is 0 Å². The average Bonchev–Trinajstić information content (AvgIpc) is 1.99. The van der Waals surface area contributed by atoms with E-state index in [9.17, 15) is 0 Å². The number of nitrogens with zero attached hydrogens (tertiary/aromatic N) is 1. The van der Waals surface area contributed by atoms with Gasteiger partial charge in [0.2, 0.25) is 0 Å². The van der Waals surface area contributed by atoms with Gasteiger partial charge < -0.3 is 0 Å². The largest absolute Gasteiger partial charge is 0.262 e. The fourth-order valence-corrected chi connectivity index (χ4v) is 0.962. The molecule has 0 unspecified atom stereocenters. The molecule has 0 saturated heterocycles. The van der Waals surface area contributed by atoms with Gasteiger partial charge in [-0.3, -0.25) is 4.99 Å². The van der Waals surface area contributed by atoms with Crippen LogP contribution < -0.4 is 0 Å². The van der Waals surface area contributed by atoms with E-state index >= 15 is 0 Å². The second-order valence-corrected chi connectivity index (χ2v) is 3.17. The molecule has 0 atom stereocenters. The van der Waals surface area contributed by atoms with Crippen LogP contribution in [-0.2, 0) is 0 Å². The lowest BCUT2D eigenvalue weighted by atomic mass is 10.1. The Bertz CT molecular complexity index is 168. The first-order chi connectivity index (χ1) is 5.11. The van der Waals surface area contributed by atoms with E-state index in [1.165, 1.54) is 5.71 Å². The van der Waals surface area contributed by atoms with Crippen LogP contribution in [0.3, 0.4) is 0 Å². The van der Waals surface area contributed by atoms with Crippen molar-refractivity contribution in [1.29, 1.82) is 0 Å². The Kier molecular flexibility index (Phi) is 5.30. The summed E-state index contributed by atoms with van der Waals surface area (Å²) in [6.45, 7) is 8.39. The number of hydrogen-bond acceptors (Lipinski definition) is 2. The number of hydrogen-bond donors (Lipinski definition) is 1. The van der Waals surface area contributed by atoms with Gasteiger partial charge in [0.25, 0.3) is 0 Å². The molecule has 0 radical (unpaired) electrons. The number of aliphatic imine (C=N–C) groups is 1. The second-order valence-electron chi connectivity index (χ2n) is 2.91. The normalized spacial score (nSPS) is 14.4. The van der Waals surface area contributed by atoms with Gasteiger partial charge in [0.15, 0.2) is 0 Å². The van der Waals surface area contributed by atoms with Crippen molar-refractivity contribution in [2.45, 2.75) is 34.1 Å². The molecule has 0 aliphatic carbocycles. The molecule has 1 nitrogen and oxygen atoms in total. The van der Waals surface area contributed by atoms with E-state index in [2.05, 4.69) is 38.4 Å². The molecule has 0 aromatic heterocycles. The molecule has 64 valence electrons. The van der Waals surface area contributed by atoms with Crippen LogP contribution in [0.1, 0.15) is 34.1 Å². The van der Waals surface area contributed by atoms with Crippen molar-refractivity contribution >= 4 is 18.3 Å². The van der Waals surface area contributed by atoms with Gasteiger partial charge in [0, 0.05) is 11.4 Å². The molecule has 2 heteroatoms. The van der Waals surface area contributed by atoms with Crippen LogP contribution in [0, 0.1) is 5.92 Å². The fourth-order valence-electron chi connectivity index (χ4n) is 0.606. The third kappa shape index (κ3) is 4.25. The predicted octanol–water partition coefficient (Wildman–Crippen LogP) is 3.28. The highest BCUT2D eigenvalue weighted by atomic mass is 32.1. The first-order valence-electron chi connectivity index (χ1n) is 4.00. The van der Waals surface area contributed by atoms with Crippen molar-refractivity contribution in [3.05, 3.63) is 11.1 Å². The van der Waals surface area contributed by atoms with Crippen LogP contribution in [0.5, 0.6) is 0 Å². The Morgan fingerprint density at radius 3 is 2.36 bits per heavy atom. The third-order valence-corrected chi connectivity index (χ3v) is 1.82. The molecule has 0 bridgehead atoms. The molecule has 11 heavy (non-hydrogen) atoms. The van der Waals surface area contributed by atoms with Crippen molar-refractivity contribution < 1.29 is 0 Å². The maximum Gasteiger partial charge on any atom is 0.0488 e. The monoisotopic (exact) mass is 171 g/mol. The van der Waals surface area contributed by atoms with E-state index in [4.69, 9.17) is 0 Å². The summed E-state index contributed by atoms with van der Waals surface area (Å²) < 4.78 is 0. The summed E-state index contributed by atoms with van der Waals surface area (Å²) in [6.07, 6.45) is 1.01. The Morgan fingerprint density at radius 1 is 1.55 bits per heavy atom. The van der Waals surface area contributed by atoms with E-state index in [0.717, 1.165) is 12.1 Å². The van der Waals surface area contributed by atoms with Gasteiger partial charge in [0.1, 0.15) is 0 Å². The van der Waals surface area contributed by atoms with E-state index in [0.29, 0.717) is 5.92 Å². The summed E-state index contributed by atoms with van der Waals surface area (Å²) in [5.41, 5.74) is 2.23. The molecule has 0 heterocycles. The van der Waals surface area contributed by atoms with Gasteiger partial charge >= 0.3 is 0 Å².